The molecule has 6 N–H and O–H groups in total. The predicted octanol–water partition coefficient (Wildman–Crippen LogP) is 1.82. The summed E-state index contributed by atoms with van der Waals surface area (Å²) in [5, 5.41) is 11.3. The van der Waals surface area contributed by atoms with Crippen molar-refractivity contribution in [1.29, 1.82) is 0 Å². The minimum Gasteiger partial charge on any atom is -0.445 e. The van der Waals surface area contributed by atoms with Crippen LogP contribution in [0.3, 0.4) is 0 Å². The van der Waals surface area contributed by atoms with Gasteiger partial charge in [0.15, 0.2) is 5.78 Å². The number of carbonyl (C=O) groups excluding carboxylic acids is 7. The number of Topliss-reactive ketones (excluding diaryl/α,β-unsaturated/α-hetero) is 1. The lowest BCUT2D eigenvalue weighted by atomic mass is 9.89. The third-order valence-electron chi connectivity index (χ3n) is 8.32. The molecule has 0 aliphatic carbocycles. The number of hydrogen-bond donors (Lipinski definition) is 5. The van der Waals surface area contributed by atoms with Crippen molar-refractivity contribution in [1.82, 2.24) is 25.8 Å². The van der Waals surface area contributed by atoms with Gasteiger partial charge in [0, 0.05) is 75.9 Å². The Balaban J connectivity index is 1.51. The number of benzene rings is 1. The van der Waals surface area contributed by atoms with E-state index in [0.717, 1.165) is 23.6 Å². The Bertz CT molecular complexity index is 1340. The van der Waals surface area contributed by atoms with Crippen molar-refractivity contribution in [2.24, 2.45) is 17.6 Å². The summed E-state index contributed by atoms with van der Waals surface area (Å²) in [5.41, 5.74) is 6.41. The third kappa shape index (κ3) is 13.3. The van der Waals surface area contributed by atoms with Gasteiger partial charge < -0.3 is 36.6 Å². The zero-order valence-corrected chi connectivity index (χ0v) is 28.3. The summed E-state index contributed by atoms with van der Waals surface area (Å²) < 4.78 is 5.41. The summed E-state index contributed by atoms with van der Waals surface area (Å²) in [6.45, 7) is 6.85. The molecule has 0 bridgehead atoms. The molecule has 1 aromatic carbocycles. The minimum absolute atomic E-state index is 0.0849. The quantitative estimate of drug-likeness (QED) is 0.106. The van der Waals surface area contributed by atoms with Crippen molar-refractivity contribution < 1.29 is 38.3 Å². The molecule has 15 heteroatoms. The average molecular weight is 684 g/mol. The van der Waals surface area contributed by atoms with E-state index in [2.05, 4.69) is 21.3 Å². The normalized spacial score (nSPS) is 15.6. The highest BCUT2D eigenvalue weighted by molar-refractivity contribution is 6.12. The number of rotatable bonds is 19. The Morgan fingerprint density at radius 2 is 1.61 bits per heavy atom. The van der Waals surface area contributed by atoms with Gasteiger partial charge in [0.1, 0.15) is 6.61 Å². The number of imide groups is 1. The van der Waals surface area contributed by atoms with Crippen LogP contribution in [-0.4, -0.2) is 96.6 Å². The first-order chi connectivity index (χ1) is 23.4. The molecule has 1 fully saturated rings. The van der Waals surface area contributed by atoms with Gasteiger partial charge in [-0.2, -0.15) is 0 Å². The van der Waals surface area contributed by atoms with E-state index in [0.29, 0.717) is 44.5 Å². The molecule has 0 spiro atoms. The Labute approximate surface area is 286 Å². The van der Waals surface area contributed by atoms with Gasteiger partial charge in [0.05, 0.1) is 6.04 Å². The molecule has 1 saturated heterocycles. The first-order valence-electron chi connectivity index (χ1n) is 16.9. The van der Waals surface area contributed by atoms with Gasteiger partial charge in [-0.05, 0) is 49.3 Å². The fraction of sp³-hybridized carbons (Fsp3) is 0.559. The average Bonchev–Trinajstić information content (AvgIpc) is 3.40. The summed E-state index contributed by atoms with van der Waals surface area (Å²) in [7, 11) is 0. The van der Waals surface area contributed by atoms with Crippen LogP contribution in [0.25, 0.3) is 0 Å². The summed E-state index contributed by atoms with van der Waals surface area (Å²) in [5.74, 6) is -2.62. The summed E-state index contributed by atoms with van der Waals surface area (Å²) >= 11 is 0. The number of ketones is 1. The molecule has 1 aromatic rings. The number of ether oxygens (including phenoxy) is 1. The van der Waals surface area contributed by atoms with Gasteiger partial charge in [-0.25, -0.2) is 9.59 Å². The van der Waals surface area contributed by atoms with Crippen LogP contribution in [0, 0.1) is 11.8 Å². The third-order valence-corrected chi connectivity index (χ3v) is 8.32. The van der Waals surface area contributed by atoms with E-state index < -0.39 is 18.0 Å². The molecule has 2 aliphatic heterocycles. The van der Waals surface area contributed by atoms with Crippen molar-refractivity contribution in [2.45, 2.75) is 71.4 Å². The number of unbranched alkanes of at least 4 members (excludes halogenated alkanes) is 2. The number of primary amides is 1. The first-order valence-corrected chi connectivity index (χ1v) is 16.9. The Hall–Kier alpha value is -4.79. The highest BCUT2D eigenvalue weighted by Crippen LogP contribution is 2.20. The van der Waals surface area contributed by atoms with Crippen molar-refractivity contribution in [3.63, 3.8) is 0 Å². The smallest absolute Gasteiger partial charge is 0.410 e. The number of hydrogen-bond acceptors (Lipinski definition) is 9. The number of anilines is 1. The fourth-order valence-electron chi connectivity index (χ4n) is 5.52. The maximum absolute atomic E-state index is 13.5. The van der Waals surface area contributed by atoms with E-state index >= 15 is 0 Å². The van der Waals surface area contributed by atoms with E-state index in [1.165, 1.54) is 12.2 Å². The maximum atomic E-state index is 13.5. The topological polar surface area (TPSA) is 209 Å². The van der Waals surface area contributed by atoms with Crippen LogP contribution in [-0.2, 0) is 35.3 Å². The van der Waals surface area contributed by atoms with Gasteiger partial charge >= 0.3 is 12.1 Å². The van der Waals surface area contributed by atoms with Crippen molar-refractivity contribution in [3.8, 4) is 0 Å². The van der Waals surface area contributed by atoms with Crippen molar-refractivity contribution in [3.05, 3.63) is 42.0 Å². The second-order valence-electron chi connectivity index (χ2n) is 12.5. The molecule has 0 unspecified atom stereocenters. The number of urea groups is 1. The zero-order valence-electron chi connectivity index (χ0n) is 28.3. The van der Waals surface area contributed by atoms with Crippen LogP contribution in [0.1, 0.15) is 64.4 Å². The molecule has 0 radical (unpaired) electrons. The summed E-state index contributed by atoms with van der Waals surface area (Å²) in [4.78, 5) is 89.2. The standard InChI is InChI=1S/C34H49N7O8/c1-23(2)31(39-28(43)8-4-3-5-18-41-29(44)13-14-30(41)45)27(42)21-25(7-6-15-37-33(35)47)32(46)38-26-11-9-24(10-12-26)22-49-34(48)40-19-16-36-17-20-40/h9-14,23,25,31,36H,3-8,15-22H2,1-2H3,(H,38,46)(H,39,43)(H3,35,37,47)/t25-,31+/m1/s1. The SMILES string of the molecule is CC(C)[C@H](NC(=O)CCCCCN1C(=O)C=CC1=O)C(=O)C[C@@H](CCCNC(N)=O)C(=O)Nc1ccc(COC(=O)N2CCNCC2)cc1. The molecule has 3 rings (SSSR count). The summed E-state index contributed by atoms with van der Waals surface area (Å²) in [6.07, 6.45) is 4.52. The molecule has 15 nitrogen and oxygen atoms in total. The van der Waals surface area contributed by atoms with Crippen LogP contribution in [0.2, 0.25) is 0 Å². The Morgan fingerprint density at radius 3 is 2.24 bits per heavy atom. The molecule has 2 heterocycles. The van der Waals surface area contributed by atoms with E-state index in [9.17, 15) is 33.6 Å². The van der Waals surface area contributed by atoms with Crippen molar-refractivity contribution >= 4 is 47.2 Å². The van der Waals surface area contributed by atoms with Crippen LogP contribution < -0.4 is 27.0 Å². The van der Waals surface area contributed by atoms with Crippen LogP contribution >= 0.6 is 0 Å². The largest absolute Gasteiger partial charge is 0.445 e. The maximum Gasteiger partial charge on any atom is 0.410 e. The lowest BCUT2D eigenvalue weighted by Crippen LogP contribution is -2.46. The van der Waals surface area contributed by atoms with Crippen LogP contribution in [0.5, 0.6) is 0 Å². The molecular formula is C34H49N7O8. The molecule has 7 amide bonds. The molecule has 2 atom stereocenters. The van der Waals surface area contributed by atoms with Gasteiger partial charge in [-0.3, -0.25) is 28.9 Å². The van der Waals surface area contributed by atoms with Crippen LogP contribution in [0.15, 0.2) is 36.4 Å². The van der Waals surface area contributed by atoms with E-state index in [1.807, 2.05) is 13.8 Å². The number of nitrogens with one attached hydrogen (secondary N) is 4. The Kier molecular flexibility index (Phi) is 15.7. The van der Waals surface area contributed by atoms with E-state index in [4.69, 9.17) is 10.5 Å². The van der Waals surface area contributed by atoms with E-state index in [1.54, 1.807) is 29.2 Å². The van der Waals surface area contributed by atoms with Gasteiger partial charge in [0.25, 0.3) is 11.8 Å². The highest BCUT2D eigenvalue weighted by atomic mass is 16.6. The molecular weight excluding hydrogens is 634 g/mol. The second-order valence-corrected chi connectivity index (χ2v) is 12.5. The lowest BCUT2D eigenvalue weighted by Gasteiger charge is -2.26. The minimum atomic E-state index is -0.805. The lowest BCUT2D eigenvalue weighted by molar-refractivity contribution is -0.137. The van der Waals surface area contributed by atoms with E-state index in [-0.39, 0.29) is 80.4 Å². The first kappa shape index (κ1) is 38.7. The van der Waals surface area contributed by atoms with Gasteiger partial charge in [-0.15, -0.1) is 0 Å². The van der Waals surface area contributed by atoms with Gasteiger partial charge in [0.2, 0.25) is 11.8 Å². The zero-order chi connectivity index (χ0) is 35.8. The monoisotopic (exact) mass is 683 g/mol. The van der Waals surface area contributed by atoms with Gasteiger partial charge in [-0.1, -0.05) is 32.4 Å². The fourth-order valence-corrected chi connectivity index (χ4v) is 5.52. The van der Waals surface area contributed by atoms with Crippen molar-refractivity contribution in [2.75, 3.05) is 44.6 Å². The number of nitrogens with two attached hydrogens (primary N) is 1. The highest BCUT2D eigenvalue weighted by Gasteiger charge is 2.29. The number of carbonyl (C=O) groups is 7. The molecule has 268 valence electrons. The number of nitrogens with zero attached hydrogens (tertiary/aromatic N) is 2. The summed E-state index contributed by atoms with van der Waals surface area (Å²) in [6, 6.07) is 5.37. The van der Waals surface area contributed by atoms with Crippen LogP contribution in [0.4, 0.5) is 15.3 Å². The molecule has 49 heavy (non-hydrogen) atoms. The molecule has 0 saturated carbocycles. The number of amides is 7. The molecule has 2 aliphatic rings. The Morgan fingerprint density at radius 1 is 0.939 bits per heavy atom. The predicted molar refractivity (Wildman–Crippen MR) is 181 cm³/mol. The number of piperazine rings is 1. The molecule has 0 aromatic heterocycles. The second kappa shape index (κ2) is 19.9.